The average Bonchev–Trinajstić information content (AvgIpc) is 3.11. The number of fused-ring (bicyclic) bond motifs is 1. The Hall–Kier alpha value is -3.00. The molecule has 27 heavy (non-hydrogen) atoms. The van der Waals surface area contributed by atoms with E-state index in [1.54, 1.807) is 17.2 Å². The molecule has 0 radical (unpaired) electrons. The Labute approximate surface area is 157 Å². The summed E-state index contributed by atoms with van der Waals surface area (Å²) in [4.78, 5) is 25.7. The molecule has 1 aromatic carbocycles. The van der Waals surface area contributed by atoms with E-state index in [1.165, 1.54) is 0 Å². The topological polar surface area (TPSA) is 79.2 Å². The summed E-state index contributed by atoms with van der Waals surface area (Å²) >= 11 is 0. The lowest BCUT2D eigenvalue weighted by Crippen LogP contribution is -2.44. The number of rotatable bonds is 5. The van der Waals surface area contributed by atoms with Crippen LogP contribution in [-0.2, 0) is 17.9 Å². The van der Waals surface area contributed by atoms with Crippen molar-refractivity contribution in [3.8, 4) is 0 Å². The summed E-state index contributed by atoms with van der Waals surface area (Å²) in [5.41, 5.74) is 1.75. The van der Waals surface area contributed by atoms with Gasteiger partial charge in [0.25, 0.3) is 0 Å². The number of amides is 1. The largest absolute Gasteiger partial charge is 0.353 e. The lowest BCUT2D eigenvalue weighted by molar-refractivity contribution is -0.121. The standard InChI is InChI=1S/C19H23N7O/c1-24-7-9-25(10-8-24)18-16-12-23-26(19(16)22-14-21-18)13-17(27)20-11-15-5-3-2-4-6-15/h2-6,12,14H,7-11,13H2,1H3,(H,20,27). The van der Waals surface area contributed by atoms with Crippen LogP contribution in [0.4, 0.5) is 5.82 Å². The molecule has 1 aliphatic rings. The monoisotopic (exact) mass is 365 g/mol. The number of hydrogen-bond donors (Lipinski definition) is 1. The number of benzene rings is 1. The van der Waals surface area contributed by atoms with Crippen LogP contribution in [0.25, 0.3) is 11.0 Å². The van der Waals surface area contributed by atoms with E-state index in [2.05, 4.69) is 37.2 Å². The third-order valence-corrected chi connectivity index (χ3v) is 4.84. The third kappa shape index (κ3) is 3.90. The van der Waals surface area contributed by atoms with Gasteiger partial charge in [-0.1, -0.05) is 30.3 Å². The molecule has 1 N–H and O–H groups in total. The lowest BCUT2D eigenvalue weighted by Gasteiger charge is -2.33. The van der Waals surface area contributed by atoms with Crippen LogP contribution in [0, 0.1) is 0 Å². The van der Waals surface area contributed by atoms with Gasteiger partial charge in [-0.2, -0.15) is 5.10 Å². The van der Waals surface area contributed by atoms with E-state index < -0.39 is 0 Å². The number of anilines is 1. The molecule has 0 unspecified atom stereocenters. The number of nitrogens with zero attached hydrogens (tertiary/aromatic N) is 6. The van der Waals surface area contributed by atoms with Gasteiger partial charge in [0.1, 0.15) is 18.7 Å². The van der Waals surface area contributed by atoms with Gasteiger partial charge in [-0.05, 0) is 12.6 Å². The second kappa shape index (κ2) is 7.71. The van der Waals surface area contributed by atoms with Crippen LogP contribution in [0.1, 0.15) is 5.56 Å². The number of nitrogens with one attached hydrogen (secondary N) is 1. The van der Waals surface area contributed by atoms with Crippen LogP contribution in [-0.4, -0.2) is 63.8 Å². The van der Waals surface area contributed by atoms with Crippen molar-refractivity contribution in [3.05, 3.63) is 48.4 Å². The number of carbonyl (C=O) groups excluding carboxylic acids is 1. The zero-order valence-electron chi connectivity index (χ0n) is 15.4. The van der Waals surface area contributed by atoms with Crippen molar-refractivity contribution in [2.45, 2.75) is 13.1 Å². The van der Waals surface area contributed by atoms with Crippen LogP contribution >= 0.6 is 0 Å². The predicted octanol–water partition coefficient (Wildman–Crippen LogP) is 0.894. The smallest absolute Gasteiger partial charge is 0.242 e. The fourth-order valence-electron chi connectivity index (χ4n) is 3.25. The Bertz CT molecular complexity index is 916. The molecule has 0 saturated carbocycles. The summed E-state index contributed by atoms with van der Waals surface area (Å²) in [6, 6.07) is 9.84. The Kier molecular flexibility index (Phi) is 4.97. The SMILES string of the molecule is CN1CCN(c2ncnc3c2cnn3CC(=O)NCc2ccccc2)CC1. The first-order chi connectivity index (χ1) is 13.2. The quantitative estimate of drug-likeness (QED) is 0.724. The van der Waals surface area contributed by atoms with Gasteiger partial charge in [0.05, 0.1) is 11.6 Å². The molecule has 2 aromatic heterocycles. The molecule has 0 spiro atoms. The highest BCUT2D eigenvalue weighted by molar-refractivity contribution is 5.87. The summed E-state index contributed by atoms with van der Waals surface area (Å²) in [6.45, 7) is 4.48. The average molecular weight is 365 g/mol. The minimum Gasteiger partial charge on any atom is -0.353 e. The van der Waals surface area contributed by atoms with Crippen LogP contribution in [0.15, 0.2) is 42.9 Å². The number of aromatic nitrogens is 4. The number of hydrogen-bond acceptors (Lipinski definition) is 6. The van der Waals surface area contributed by atoms with Crippen molar-refractivity contribution in [2.24, 2.45) is 0 Å². The Balaban J connectivity index is 1.46. The molecule has 140 valence electrons. The van der Waals surface area contributed by atoms with E-state index in [0.717, 1.165) is 42.9 Å². The van der Waals surface area contributed by atoms with E-state index in [0.29, 0.717) is 12.2 Å². The summed E-state index contributed by atoms with van der Waals surface area (Å²) in [5, 5.41) is 8.19. The van der Waals surface area contributed by atoms with Gasteiger partial charge < -0.3 is 15.1 Å². The number of likely N-dealkylation sites (N-methyl/N-ethyl adjacent to an activating group) is 1. The zero-order chi connectivity index (χ0) is 18.6. The van der Waals surface area contributed by atoms with Crippen molar-refractivity contribution in [1.29, 1.82) is 0 Å². The van der Waals surface area contributed by atoms with Crippen LogP contribution in [0.2, 0.25) is 0 Å². The Morgan fingerprint density at radius 3 is 2.67 bits per heavy atom. The van der Waals surface area contributed by atoms with Crippen LogP contribution in [0.3, 0.4) is 0 Å². The van der Waals surface area contributed by atoms with Crippen molar-refractivity contribution < 1.29 is 4.79 Å². The first-order valence-electron chi connectivity index (χ1n) is 9.11. The normalized spacial score (nSPS) is 15.2. The van der Waals surface area contributed by atoms with Crippen molar-refractivity contribution in [3.63, 3.8) is 0 Å². The van der Waals surface area contributed by atoms with Gasteiger partial charge in [0, 0.05) is 32.7 Å². The van der Waals surface area contributed by atoms with E-state index in [1.807, 2.05) is 30.3 Å². The molecule has 1 aliphatic heterocycles. The maximum absolute atomic E-state index is 12.3. The van der Waals surface area contributed by atoms with Gasteiger partial charge in [-0.3, -0.25) is 4.79 Å². The lowest BCUT2D eigenvalue weighted by atomic mass is 10.2. The van der Waals surface area contributed by atoms with Gasteiger partial charge in [0.2, 0.25) is 5.91 Å². The molecule has 8 heteroatoms. The van der Waals surface area contributed by atoms with Crippen LogP contribution in [0.5, 0.6) is 0 Å². The first-order valence-corrected chi connectivity index (χ1v) is 9.11. The molecular weight excluding hydrogens is 342 g/mol. The highest BCUT2D eigenvalue weighted by Crippen LogP contribution is 2.23. The zero-order valence-corrected chi connectivity index (χ0v) is 15.4. The summed E-state index contributed by atoms with van der Waals surface area (Å²) in [7, 11) is 2.12. The van der Waals surface area contributed by atoms with Gasteiger partial charge in [-0.25, -0.2) is 14.6 Å². The molecule has 3 heterocycles. The molecule has 1 amide bonds. The molecule has 4 rings (SSSR count). The fraction of sp³-hybridized carbons (Fsp3) is 0.368. The second-order valence-electron chi connectivity index (χ2n) is 6.79. The molecule has 8 nitrogen and oxygen atoms in total. The molecule has 0 atom stereocenters. The van der Waals surface area contributed by atoms with E-state index in [4.69, 9.17) is 0 Å². The Morgan fingerprint density at radius 1 is 1.11 bits per heavy atom. The Morgan fingerprint density at radius 2 is 1.89 bits per heavy atom. The maximum atomic E-state index is 12.3. The predicted molar refractivity (Wildman–Crippen MR) is 103 cm³/mol. The number of carbonyl (C=O) groups is 1. The van der Waals surface area contributed by atoms with Gasteiger partial charge in [0.15, 0.2) is 5.65 Å². The van der Waals surface area contributed by atoms with Crippen molar-refractivity contribution >= 4 is 22.8 Å². The highest BCUT2D eigenvalue weighted by Gasteiger charge is 2.20. The second-order valence-corrected chi connectivity index (χ2v) is 6.79. The van der Waals surface area contributed by atoms with E-state index in [9.17, 15) is 4.79 Å². The van der Waals surface area contributed by atoms with Crippen molar-refractivity contribution in [2.75, 3.05) is 38.1 Å². The first kappa shape index (κ1) is 17.4. The third-order valence-electron chi connectivity index (χ3n) is 4.84. The molecule has 3 aromatic rings. The molecule has 0 bridgehead atoms. The molecule has 0 aliphatic carbocycles. The van der Waals surface area contributed by atoms with E-state index >= 15 is 0 Å². The van der Waals surface area contributed by atoms with Gasteiger partial charge in [-0.15, -0.1) is 0 Å². The van der Waals surface area contributed by atoms with Gasteiger partial charge >= 0.3 is 0 Å². The van der Waals surface area contributed by atoms with Crippen LogP contribution < -0.4 is 10.2 Å². The maximum Gasteiger partial charge on any atom is 0.242 e. The fourth-order valence-corrected chi connectivity index (χ4v) is 3.25. The molecule has 1 saturated heterocycles. The summed E-state index contributed by atoms with van der Waals surface area (Å²) in [6.07, 6.45) is 3.31. The summed E-state index contributed by atoms with van der Waals surface area (Å²) in [5.74, 6) is 0.799. The molecule has 1 fully saturated rings. The minimum atomic E-state index is -0.0939. The summed E-state index contributed by atoms with van der Waals surface area (Å²) < 4.78 is 1.64. The minimum absolute atomic E-state index is 0.0939. The number of piperazine rings is 1. The molecular formula is C19H23N7O. The van der Waals surface area contributed by atoms with E-state index in [-0.39, 0.29) is 12.5 Å². The highest BCUT2D eigenvalue weighted by atomic mass is 16.2. The van der Waals surface area contributed by atoms with Crippen molar-refractivity contribution in [1.82, 2.24) is 30.0 Å².